The van der Waals surface area contributed by atoms with Crippen LogP contribution in [0.3, 0.4) is 0 Å². The van der Waals surface area contributed by atoms with Crippen LogP contribution in [0.5, 0.6) is 6.01 Å². The van der Waals surface area contributed by atoms with Gasteiger partial charge in [0.1, 0.15) is 36.7 Å². The summed E-state index contributed by atoms with van der Waals surface area (Å²) in [6, 6.07) is 2.70. The molecule has 3 aliphatic heterocycles. The van der Waals surface area contributed by atoms with Gasteiger partial charge in [-0.2, -0.15) is 19.7 Å². The second-order valence-corrected chi connectivity index (χ2v) is 12.2. The Balaban J connectivity index is 1.19. The maximum atomic E-state index is 15.3. The number of nitrogen functional groups attached to an aromatic ring is 1. The number of nitrogens with two attached hydrogens (primary N) is 1. The Morgan fingerprint density at radius 2 is 1.95 bits per heavy atom. The van der Waals surface area contributed by atoms with E-state index in [9.17, 15) is 9.18 Å². The molecular weight excluding hydrogens is 566 g/mol. The van der Waals surface area contributed by atoms with Crippen molar-refractivity contribution in [2.75, 3.05) is 31.2 Å². The van der Waals surface area contributed by atoms with Crippen LogP contribution in [0.2, 0.25) is 0 Å². The van der Waals surface area contributed by atoms with Gasteiger partial charge >= 0.3 is 12.0 Å². The van der Waals surface area contributed by atoms with Crippen LogP contribution in [-0.4, -0.2) is 89.9 Å². The minimum atomic E-state index is -0.797. The first-order valence-electron chi connectivity index (χ1n) is 14.0. The predicted octanol–water partition coefficient (Wildman–Crippen LogP) is 3.75. The summed E-state index contributed by atoms with van der Waals surface area (Å²) in [6.07, 6.45) is 8.05. The standard InChI is InChI=1S/C27H30F2N10O2S/c1-37-6-2-3-17(37)11-41-26-34-20(22-18(28)9-19(29)24-23(22)36-25(30)42-24)10-21(35-26)33-14-7-15-4-5-16(8-14)39(15)27(40)38-13-31-12-32-38/h9-10,12-17H,2-8,11H2,1H3,(H2,30,36)(H,33,34,35)/t14?,15-,16+,17-/m0/s1. The Bertz CT molecular complexity index is 1620. The Kier molecular flexibility index (Phi) is 6.85. The molecule has 15 heteroatoms. The number of halogens is 2. The zero-order valence-electron chi connectivity index (χ0n) is 22.9. The smallest absolute Gasteiger partial charge is 0.346 e. The first-order valence-corrected chi connectivity index (χ1v) is 14.9. The molecule has 4 atom stereocenters. The number of thiazole rings is 1. The molecule has 0 saturated carbocycles. The fourth-order valence-electron chi connectivity index (χ4n) is 6.57. The number of hydrogen-bond donors (Lipinski definition) is 2. The molecule has 3 fully saturated rings. The SMILES string of the molecule is CN1CCC[C@H]1COc1nc(NC2C[C@H]3CC[C@@H](C2)N3C(=O)n2cncn2)cc(-c2c(F)cc(F)c3sc(N)nc23)n1. The van der Waals surface area contributed by atoms with Crippen molar-refractivity contribution in [3.05, 3.63) is 36.4 Å². The summed E-state index contributed by atoms with van der Waals surface area (Å²) < 4.78 is 37.4. The molecule has 42 heavy (non-hydrogen) atoms. The largest absolute Gasteiger partial charge is 0.462 e. The predicted molar refractivity (Wildman–Crippen MR) is 152 cm³/mol. The molecule has 3 saturated heterocycles. The van der Waals surface area contributed by atoms with Crippen LogP contribution in [0.4, 0.5) is 24.5 Å². The monoisotopic (exact) mass is 596 g/mol. The Morgan fingerprint density at radius 1 is 1.14 bits per heavy atom. The molecule has 4 aromatic rings. The van der Waals surface area contributed by atoms with Gasteiger partial charge in [0.05, 0.1) is 21.5 Å². The second-order valence-electron chi connectivity index (χ2n) is 11.2. The van der Waals surface area contributed by atoms with E-state index in [0.29, 0.717) is 25.3 Å². The molecule has 3 aliphatic rings. The number of rotatable bonds is 6. The molecule has 2 bridgehead atoms. The maximum Gasteiger partial charge on any atom is 0.346 e. The van der Waals surface area contributed by atoms with Crippen molar-refractivity contribution in [3.63, 3.8) is 0 Å². The molecule has 3 aromatic heterocycles. The third-order valence-electron chi connectivity index (χ3n) is 8.55. The molecule has 0 aliphatic carbocycles. The molecule has 0 spiro atoms. The van der Waals surface area contributed by atoms with Gasteiger partial charge in [0.25, 0.3) is 0 Å². The van der Waals surface area contributed by atoms with E-state index < -0.39 is 11.6 Å². The summed E-state index contributed by atoms with van der Waals surface area (Å²) >= 11 is 0.956. The van der Waals surface area contributed by atoms with E-state index in [-0.39, 0.29) is 62.8 Å². The Hall–Kier alpha value is -3.98. The van der Waals surface area contributed by atoms with E-state index in [1.807, 2.05) is 4.90 Å². The summed E-state index contributed by atoms with van der Waals surface area (Å²) in [5, 5.41) is 7.63. The molecular formula is C27H30F2N10O2S. The quantitative estimate of drug-likeness (QED) is 0.338. The van der Waals surface area contributed by atoms with Gasteiger partial charge in [-0.15, -0.1) is 0 Å². The lowest BCUT2D eigenvalue weighted by atomic mass is 9.97. The van der Waals surface area contributed by atoms with E-state index in [1.165, 1.54) is 17.3 Å². The number of aromatic nitrogens is 6. The normalized spacial score (nSPS) is 24.0. The number of carbonyl (C=O) groups is 1. The van der Waals surface area contributed by atoms with Gasteiger partial charge in [-0.1, -0.05) is 11.3 Å². The number of nitrogens with one attached hydrogen (secondary N) is 1. The fraction of sp³-hybridized carbons (Fsp3) is 0.481. The lowest BCUT2D eigenvalue weighted by molar-refractivity contribution is 0.140. The van der Waals surface area contributed by atoms with Crippen molar-refractivity contribution >= 4 is 38.5 Å². The minimum absolute atomic E-state index is 0.00635. The number of piperidine rings is 1. The minimum Gasteiger partial charge on any atom is -0.462 e. The fourth-order valence-corrected chi connectivity index (χ4v) is 7.31. The third-order valence-corrected chi connectivity index (χ3v) is 9.44. The Morgan fingerprint density at radius 3 is 2.67 bits per heavy atom. The number of ether oxygens (including phenoxy) is 1. The van der Waals surface area contributed by atoms with Crippen molar-refractivity contribution in [2.24, 2.45) is 0 Å². The van der Waals surface area contributed by atoms with Crippen LogP contribution in [0.1, 0.15) is 38.5 Å². The summed E-state index contributed by atoms with van der Waals surface area (Å²) in [7, 11) is 2.05. The van der Waals surface area contributed by atoms with Crippen LogP contribution >= 0.6 is 11.3 Å². The highest BCUT2D eigenvalue weighted by Gasteiger charge is 2.44. The average Bonchev–Trinajstić information content (AvgIpc) is 3.75. The molecule has 1 amide bonds. The van der Waals surface area contributed by atoms with E-state index in [2.05, 4.69) is 42.3 Å². The third kappa shape index (κ3) is 4.89. The topological polar surface area (TPSA) is 140 Å². The first-order chi connectivity index (χ1) is 20.3. The highest BCUT2D eigenvalue weighted by Crippen LogP contribution is 2.39. The molecule has 1 aromatic carbocycles. The van der Waals surface area contributed by atoms with E-state index in [0.717, 1.165) is 49.6 Å². The molecule has 1 unspecified atom stereocenters. The molecule has 12 nitrogen and oxygen atoms in total. The van der Waals surface area contributed by atoms with Crippen molar-refractivity contribution in [1.82, 2.24) is 39.5 Å². The number of likely N-dealkylation sites (tertiary alicyclic amines) is 1. The van der Waals surface area contributed by atoms with Crippen molar-refractivity contribution in [3.8, 4) is 17.3 Å². The van der Waals surface area contributed by atoms with Gasteiger partial charge in [0.15, 0.2) is 5.13 Å². The van der Waals surface area contributed by atoms with Crippen LogP contribution in [-0.2, 0) is 0 Å². The van der Waals surface area contributed by atoms with Crippen LogP contribution < -0.4 is 15.8 Å². The highest BCUT2D eigenvalue weighted by molar-refractivity contribution is 7.22. The highest BCUT2D eigenvalue weighted by atomic mass is 32.1. The summed E-state index contributed by atoms with van der Waals surface area (Å²) in [6.45, 7) is 1.38. The lowest BCUT2D eigenvalue weighted by Crippen LogP contribution is -2.51. The van der Waals surface area contributed by atoms with Gasteiger partial charge in [0, 0.05) is 36.3 Å². The van der Waals surface area contributed by atoms with Crippen molar-refractivity contribution in [1.29, 1.82) is 0 Å². The summed E-state index contributed by atoms with van der Waals surface area (Å²) in [5.41, 5.74) is 6.24. The van der Waals surface area contributed by atoms with Crippen LogP contribution in [0.25, 0.3) is 21.5 Å². The van der Waals surface area contributed by atoms with Crippen LogP contribution in [0.15, 0.2) is 24.8 Å². The summed E-state index contributed by atoms with van der Waals surface area (Å²) in [5.74, 6) is -1.07. The zero-order valence-corrected chi connectivity index (χ0v) is 23.7. The second kappa shape index (κ2) is 10.7. The number of benzene rings is 1. The van der Waals surface area contributed by atoms with Gasteiger partial charge in [0.2, 0.25) is 0 Å². The van der Waals surface area contributed by atoms with Gasteiger partial charge < -0.3 is 25.6 Å². The molecule has 7 rings (SSSR count). The van der Waals surface area contributed by atoms with Gasteiger partial charge in [-0.25, -0.2) is 23.5 Å². The Labute approximate surface area is 243 Å². The molecule has 3 N–H and O–H groups in total. The summed E-state index contributed by atoms with van der Waals surface area (Å²) in [4.78, 5) is 34.5. The average molecular weight is 597 g/mol. The molecule has 220 valence electrons. The number of carbonyl (C=O) groups excluding carboxylic acids is 1. The van der Waals surface area contributed by atoms with Gasteiger partial charge in [-0.3, -0.25) is 0 Å². The molecule has 0 radical (unpaired) electrons. The first kappa shape index (κ1) is 26.9. The lowest BCUT2D eigenvalue weighted by Gasteiger charge is -2.38. The van der Waals surface area contributed by atoms with Crippen molar-refractivity contribution in [2.45, 2.75) is 62.7 Å². The molecule has 6 heterocycles. The van der Waals surface area contributed by atoms with Crippen LogP contribution in [0, 0.1) is 11.6 Å². The number of fused-ring (bicyclic) bond motifs is 3. The van der Waals surface area contributed by atoms with E-state index in [4.69, 9.17) is 10.5 Å². The number of amides is 1. The van der Waals surface area contributed by atoms with E-state index in [1.54, 1.807) is 6.07 Å². The van der Waals surface area contributed by atoms with Gasteiger partial charge in [-0.05, 0) is 52.1 Å². The number of hydrogen-bond acceptors (Lipinski definition) is 11. The number of anilines is 2. The number of nitrogens with zero attached hydrogens (tertiary/aromatic N) is 8. The maximum absolute atomic E-state index is 15.3. The van der Waals surface area contributed by atoms with Crippen molar-refractivity contribution < 1.29 is 18.3 Å². The number of likely N-dealkylation sites (N-methyl/N-ethyl adjacent to an activating group) is 1. The zero-order chi connectivity index (χ0) is 29.0. The van der Waals surface area contributed by atoms with E-state index >= 15 is 4.39 Å².